The first-order chi connectivity index (χ1) is 9.51. The van der Waals surface area contributed by atoms with E-state index in [-0.39, 0.29) is 5.91 Å². The summed E-state index contributed by atoms with van der Waals surface area (Å²) in [5.74, 6) is -0.0808. The van der Waals surface area contributed by atoms with Crippen molar-refractivity contribution >= 4 is 17.3 Å². The molecular formula is C17H20N2O. The highest BCUT2D eigenvalue weighted by Gasteiger charge is 2.10. The minimum atomic E-state index is -0.0808. The van der Waals surface area contributed by atoms with E-state index in [4.69, 9.17) is 0 Å². The summed E-state index contributed by atoms with van der Waals surface area (Å²) in [6.45, 7) is 6.08. The Morgan fingerprint density at radius 3 is 2.00 bits per heavy atom. The van der Waals surface area contributed by atoms with E-state index < -0.39 is 0 Å². The molecule has 0 heterocycles. The third kappa shape index (κ3) is 2.99. The smallest absolute Gasteiger partial charge is 0.255 e. The van der Waals surface area contributed by atoms with Crippen molar-refractivity contribution in [2.45, 2.75) is 20.8 Å². The minimum absolute atomic E-state index is 0.0808. The van der Waals surface area contributed by atoms with Crippen molar-refractivity contribution in [1.29, 1.82) is 0 Å². The number of carbonyl (C=O) groups is 1. The lowest BCUT2D eigenvalue weighted by Crippen LogP contribution is -2.14. The van der Waals surface area contributed by atoms with Crippen LogP contribution in [0.1, 0.15) is 27.0 Å². The van der Waals surface area contributed by atoms with Crippen LogP contribution in [-0.2, 0) is 0 Å². The number of hydrogen-bond donors (Lipinski definition) is 2. The maximum absolute atomic E-state index is 12.3. The fourth-order valence-corrected chi connectivity index (χ4v) is 2.35. The lowest BCUT2D eigenvalue weighted by molar-refractivity contribution is 0.102. The van der Waals surface area contributed by atoms with Crippen molar-refractivity contribution in [3.05, 3.63) is 58.7 Å². The standard InChI is InChI=1S/C17H20N2O/c1-11-9-12(2)16(13(3)10-11)19-17(20)14-5-7-15(18-4)8-6-14/h5-10,18H,1-4H3,(H,19,20). The van der Waals surface area contributed by atoms with Crippen LogP contribution in [0.25, 0.3) is 0 Å². The molecule has 0 saturated heterocycles. The first-order valence-electron chi connectivity index (χ1n) is 6.68. The van der Waals surface area contributed by atoms with Gasteiger partial charge in [-0.05, 0) is 56.2 Å². The number of amides is 1. The van der Waals surface area contributed by atoms with Crippen LogP contribution in [0, 0.1) is 20.8 Å². The lowest BCUT2D eigenvalue weighted by atomic mass is 10.0. The third-order valence-electron chi connectivity index (χ3n) is 3.35. The largest absolute Gasteiger partial charge is 0.388 e. The summed E-state index contributed by atoms with van der Waals surface area (Å²) in [4.78, 5) is 12.3. The first kappa shape index (κ1) is 14.1. The molecule has 0 saturated carbocycles. The molecule has 104 valence electrons. The van der Waals surface area contributed by atoms with E-state index in [1.807, 2.05) is 45.2 Å². The van der Waals surface area contributed by atoms with Crippen LogP contribution in [0.5, 0.6) is 0 Å². The summed E-state index contributed by atoms with van der Waals surface area (Å²) in [5.41, 5.74) is 5.92. The molecule has 2 aromatic carbocycles. The highest BCUT2D eigenvalue weighted by atomic mass is 16.1. The second kappa shape index (κ2) is 5.78. The Hall–Kier alpha value is -2.29. The van der Waals surface area contributed by atoms with Crippen molar-refractivity contribution in [2.75, 3.05) is 17.7 Å². The van der Waals surface area contributed by atoms with E-state index in [1.54, 1.807) is 0 Å². The molecule has 0 unspecified atom stereocenters. The maximum Gasteiger partial charge on any atom is 0.255 e. The molecule has 2 N–H and O–H groups in total. The lowest BCUT2D eigenvalue weighted by Gasteiger charge is -2.13. The Labute approximate surface area is 120 Å². The number of nitrogens with one attached hydrogen (secondary N) is 2. The van der Waals surface area contributed by atoms with Crippen LogP contribution >= 0.6 is 0 Å². The van der Waals surface area contributed by atoms with Crippen molar-refractivity contribution in [2.24, 2.45) is 0 Å². The van der Waals surface area contributed by atoms with E-state index >= 15 is 0 Å². The zero-order valence-corrected chi connectivity index (χ0v) is 12.4. The number of carbonyl (C=O) groups excluding carboxylic acids is 1. The Bertz CT molecular complexity index is 607. The highest BCUT2D eigenvalue weighted by molar-refractivity contribution is 6.05. The molecule has 20 heavy (non-hydrogen) atoms. The van der Waals surface area contributed by atoms with Gasteiger partial charge in [0, 0.05) is 24.0 Å². The topological polar surface area (TPSA) is 41.1 Å². The Morgan fingerprint density at radius 1 is 0.950 bits per heavy atom. The third-order valence-corrected chi connectivity index (χ3v) is 3.35. The van der Waals surface area contributed by atoms with Crippen molar-refractivity contribution in [3.8, 4) is 0 Å². The normalized spacial score (nSPS) is 10.2. The van der Waals surface area contributed by atoms with Crippen LogP contribution in [0.4, 0.5) is 11.4 Å². The van der Waals surface area contributed by atoms with Gasteiger partial charge in [0.1, 0.15) is 0 Å². The second-order valence-corrected chi connectivity index (χ2v) is 5.06. The number of benzene rings is 2. The second-order valence-electron chi connectivity index (χ2n) is 5.06. The fourth-order valence-electron chi connectivity index (χ4n) is 2.35. The summed E-state index contributed by atoms with van der Waals surface area (Å²) in [5, 5.41) is 6.04. The molecule has 2 aromatic rings. The highest BCUT2D eigenvalue weighted by Crippen LogP contribution is 2.22. The predicted molar refractivity (Wildman–Crippen MR) is 84.6 cm³/mol. The maximum atomic E-state index is 12.3. The number of rotatable bonds is 3. The first-order valence-corrected chi connectivity index (χ1v) is 6.68. The van der Waals surface area contributed by atoms with E-state index in [2.05, 4.69) is 29.7 Å². The summed E-state index contributed by atoms with van der Waals surface area (Å²) in [7, 11) is 1.86. The Balaban J connectivity index is 2.23. The summed E-state index contributed by atoms with van der Waals surface area (Å²) in [6.07, 6.45) is 0. The molecule has 1 amide bonds. The molecule has 0 aromatic heterocycles. The molecule has 0 radical (unpaired) electrons. The summed E-state index contributed by atoms with van der Waals surface area (Å²) in [6, 6.07) is 11.6. The van der Waals surface area contributed by atoms with Crippen LogP contribution < -0.4 is 10.6 Å². The monoisotopic (exact) mass is 268 g/mol. The molecule has 3 nitrogen and oxygen atoms in total. The molecule has 0 bridgehead atoms. The molecule has 3 heteroatoms. The molecule has 0 aliphatic heterocycles. The zero-order chi connectivity index (χ0) is 14.7. The van der Waals surface area contributed by atoms with Crippen LogP contribution in [0.3, 0.4) is 0 Å². The van der Waals surface area contributed by atoms with E-state index in [9.17, 15) is 4.79 Å². The molecule has 0 aliphatic carbocycles. The van der Waals surface area contributed by atoms with Gasteiger partial charge in [-0.25, -0.2) is 0 Å². The van der Waals surface area contributed by atoms with Crippen molar-refractivity contribution in [1.82, 2.24) is 0 Å². The molecule has 0 atom stereocenters. The summed E-state index contributed by atoms with van der Waals surface area (Å²) < 4.78 is 0. The Morgan fingerprint density at radius 2 is 1.50 bits per heavy atom. The molecule has 0 spiro atoms. The average Bonchev–Trinajstić information content (AvgIpc) is 2.42. The van der Waals surface area contributed by atoms with E-state index in [1.165, 1.54) is 5.56 Å². The zero-order valence-electron chi connectivity index (χ0n) is 12.4. The molecule has 0 aliphatic rings. The number of aryl methyl sites for hydroxylation is 3. The van der Waals surface area contributed by atoms with Gasteiger partial charge in [-0.1, -0.05) is 17.7 Å². The Kier molecular flexibility index (Phi) is 4.08. The van der Waals surface area contributed by atoms with Crippen LogP contribution in [-0.4, -0.2) is 13.0 Å². The van der Waals surface area contributed by atoms with Gasteiger partial charge in [-0.15, -0.1) is 0 Å². The van der Waals surface area contributed by atoms with Crippen LogP contribution in [0.15, 0.2) is 36.4 Å². The van der Waals surface area contributed by atoms with Gasteiger partial charge in [-0.2, -0.15) is 0 Å². The minimum Gasteiger partial charge on any atom is -0.388 e. The summed E-state index contributed by atoms with van der Waals surface area (Å²) >= 11 is 0. The number of hydrogen-bond acceptors (Lipinski definition) is 2. The molecular weight excluding hydrogens is 248 g/mol. The molecule has 0 fully saturated rings. The SMILES string of the molecule is CNc1ccc(C(=O)Nc2c(C)cc(C)cc2C)cc1. The van der Waals surface area contributed by atoms with Gasteiger partial charge in [0.05, 0.1) is 0 Å². The van der Waals surface area contributed by atoms with Gasteiger partial charge in [-0.3, -0.25) is 4.79 Å². The molecule has 2 rings (SSSR count). The van der Waals surface area contributed by atoms with E-state index in [0.717, 1.165) is 22.5 Å². The van der Waals surface area contributed by atoms with Crippen molar-refractivity contribution in [3.63, 3.8) is 0 Å². The van der Waals surface area contributed by atoms with Gasteiger partial charge in [0.2, 0.25) is 0 Å². The quantitative estimate of drug-likeness (QED) is 0.886. The van der Waals surface area contributed by atoms with Gasteiger partial charge in [0.25, 0.3) is 5.91 Å². The fraction of sp³-hybridized carbons (Fsp3) is 0.235. The van der Waals surface area contributed by atoms with Crippen molar-refractivity contribution < 1.29 is 4.79 Å². The van der Waals surface area contributed by atoms with Gasteiger partial charge < -0.3 is 10.6 Å². The average molecular weight is 268 g/mol. The van der Waals surface area contributed by atoms with Crippen LogP contribution in [0.2, 0.25) is 0 Å². The van der Waals surface area contributed by atoms with Gasteiger partial charge >= 0.3 is 0 Å². The van der Waals surface area contributed by atoms with Gasteiger partial charge in [0.15, 0.2) is 0 Å². The number of anilines is 2. The van der Waals surface area contributed by atoms with E-state index in [0.29, 0.717) is 5.56 Å². The predicted octanol–water partition coefficient (Wildman–Crippen LogP) is 3.91.